The van der Waals surface area contributed by atoms with Gasteiger partial charge in [-0.05, 0) is 77.8 Å². The second kappa shape index (κ2) is 11.8. The fourth-order valence-electron chi connectivity index (χ4n) is 3.03. The molecular formula is C25H25BrClNO4. The second-order valence-corrected chi connectivity index (χ2v) is 8.13. The van der Waals surface area contributed by atoms with Crippen LogP contribution in [0.4, 0.5) is 5.69 Å². The van der Waals surface area contributed by atoms with Crippen LogP contribution in [0, 0.1) is 0 Å². The molecule has 0 aromatic heterocycles. The molecule has 0 unspecified atom stereocenters. The van der Waals surface area contributed by atoms with Gasteiger partial charge >= 0.3 is 5.97 Å². The topological polar surface area (TPSA) is 56.8 Å². The molecule has 3 rings (SSSR count). The molecule has 0 bridgehead atoms. The Balaban J connectivity index is 1.69. The van der Waals surface area contributed by atoms with Crippen LogP contribution in [0.2, 0.25) is 5.02 Å². The third-order valence-corrected chi connectivity index (χ3v) is 5.55. The molecule has 32 heavy (non-hydrogen) atoms. The van der Waals surface area contributed by atoms with Gasteiger partial charge in [0.2, 0.25) is 0 Å². The molecule has 1 N–H and O–H groups in total. The standard InChI is InChI=1S/C25H25BrClNO4/c1-3-30-23-14-17(15-28-20-11-9-18(10-12-20)25(29)31-4-2)13-21(26)24(23)32-16-19-7-5-6-8-22(19)27/h5-14,28H,3-4,15-16H2,1-2H3. The molecule has 7 heteroatoms. The maximum absolute atomic E-state index is 11.8. The molecule has 5 nitrogen and oxygen atoms in total. The average molecular weight is 519 g/mol. The van der Waals surface area contributed by atoms with E-state index in [2.05, 4.69) is 21.2 Å². The summed E-state index contributed by atoms with van der Waals surface area (Å²) in [6.45, 7) is 5.50. The van der Waals surface area contributed by atoms with Crippen LogP contribution >= 0.6 is 27.5 Å². The summed E-state index contributed by atoms with van der Waals surface area (Å²) in [6, 6.07) is 18.7. The van der Waals surface area contributed by atoms with Gasteiger partial charge in [0.05, 0.1) is 23.2 Å². The van der Waals surface area contributed by atoms with E-state index >= 15 is 0 Å². The van der Waals surface area contributed by atoms with E-state index in [1.54, 1.807) is 19.1 Å². The van der Waals surface area contributed by atoms with Crippen LogP contribution in [0.15, 0.2) is 65.1 Å². The summed E-state index contributed by atoms with van der Waals surface area (Å²) in [5, 5.41) is 4.02. The average Bonchev–Trinajstić information content (AvgIpc) is 2.79. The van der Waals surface area contributed by atoms with E-state index < -0.39 is 0 Å². The molecular weight excluding hydrogens is 494 g/mol. The van der Waals surface area contributed by atoms with Gasteiger partial charge in [-0.1, -0.05) is 29.8 Å². The molecule has 0 aliphatic rings. The highest BCUT2D eigenvalue weighted by atomic mass is 79.9. The fourth-order valence-corrected chi connectivity index (χ4v) is 3.83. The monoisotopic (exact) mass is 517 g/mol. The van der Waals surface area contributed by atoms with Crippen molar-refractivity contribution in [3.63, 3.8) is 0 Å². The van der Waals surface area contributed by atoms with Crippen LogP contribution < -0.4 is 14.8 Å². The van der Waals surface area contributed by atoms with E-state index in [4.69, 9.17) is 25.8 Å². The number of esters is 1. The Morgan fingerprint density at radius 1 is 1.00 bits per heavy atom. The second-order valence-electron chi connectivity index (χ2n) is 6.87. The van der Waals surface area contributed by atoms with Gasteiger partial charge in [-0.2, -0.15) is 0 Å². The van der Waals surface area contributed by atoms with Crippen LogP contribution in [-0.4, -0.2) is 19.2 Å². The van der Waals surface area contributed by atoms with Crippen molar-refractivity contribution in [3.05, 3.63) is 86.8 Å². The number of benzene rings is 3. The molecule has 0 aliphatic heterocycles. The predicted octanol–water partition coefficient (Wildman–Crippen LogP) is 6.87. The van der Waals surface area contributed by atoms with E-state index in [0.717, 1.165) is 21.3 Å². The lowest BCUT2D eigenvalue weighted by atomic mass is 10.1. The van der Waals surface area contributed by atoms with Crippen molar-refractivity contribution in [1.82, 2.24) is 0 Å². The summed E-state index contributed by atoms with van der Waals surface area (Å²) in [6.07, 6.45) is 0. The number of halogens is 2. The van der Waals surface area contributed by atoms with Crippen molar-refractivity contribution in [2.24, 2.45) is 0 Å². The molecule has 0 aliphatic carbocycles. The molecule has 3 aromatic carbocycles. The van der Waals surface area contributed by atoms with Crippen molar-refractivity contribution in [1.29, 1.82) is 0 Å². The largest absolute Gasteiger partial charge is 0.490 e. The van der Waals surface area contributed by atoms with Crippen molar-refractivity contribution in [2.75, 3.05) is 18.5 Å². The number of carbonyl (C=O) groups excluding carboxylic acids is 1. The third kappa shape index (κ3) is 6.40. The molecule has 0 saturated carbocycles. The SMILES string of the molecule is CCOC(=O)c1ccc(NCc2cc(Br)c(OCc3ccccc3Cl)c(OCC)c2)cc1. The van der Waals surface area contributed by atoms with Gasteiger partial charge in [-0.15, -0.1) is 0 Å². The number of hydrogen-bond acceptors (Lipinski definition) is 5. The Labute approximate surface area is 201 Å². The Morgan fingerprint density at radius 3 is 2.44 bits per heavy atom. The minimum absolute atomic E-state index is 0.322. The zero-order chi connectivity index (χ0) is 22.9. The maximum Gasteiger partial charge on any atom is 0.338 e. The van der Waals surface area contributed by atoms with E-state index in [-0.39, 0.29) is 5.97 Å². The van der Waals surface area contributed by atoms with Crippen LogP contribution in [0.5, 0.6) is 11.5 Å². The van der Waals surface area contributed by atoms with Gasteiger partial charge in [-0.3, -0.25) is 0 Å². The first-order valence-corrected chi connectivity index (χ1v) is 11.5. The number of anilines is 1. The number of carbonyl (C=O) groups is 1. The molecule has 0 saturated heterocycles. The summed E-state index contributed by atoms with van der Waals surface area (Å²) >= 11 is 9.85. The molecule has 0 atom stereocenters. The highest BCUT2D eigenvalue weighted by Gasteiger charge is 2.14. The smallest absolute Gasteiger partial charge is 0.338 e. The van der Waals surface area contributed by atoms with Crippen LogP contribution in [0.3, 0.4) is 0 Å². The van der Waals surface area contributed by atoms with E-state index in [0.29, 0.717) is 48.5 Å². The molecule has 0 spiro atoms. The summed E-state index contributed by atoms with van der Waals surface area (Å²) in [5.74, 6) is 0.967. The first kappa shape index (κ1) is 24.0. The number of ether oxygens (including phenoxy) is 3. The van der Waals surface area contributed by atoms with Crippen LogP contribution in [0.25, 0.3) is 0 Å². The molecule has 0 amide bonds. The van der Waals surface area contributed by atoms with Crippen molar-refractivity contribution >= 4 is 39.2 Å². The van der Waals surface area contributed by atoms with Crippen molar-refractivity contribution < 1.29 is 19.0 Å². The van der Waals surface area contributed by atoms with Gasteiger partial charge in [0.25, 0.3) is 0 Å². The quantitative estimate of drug-likeness (QED) is 0.297. The Morgan fingerprint density at radius 2 is 1.75 bits per heavy atom. The highest BCUT2D eigenvalue weighted by Crippen LogP contribution is 2.38. The highest BCUT2D eigenvalue weighted by molar-refractivity contribution is 9.10. The summed E-state index contributed by atoms with van der Waals surface area (Å²) in [7, 11) is 0. The summed E-state index contributed by atoms with van der Waals surface area (Å²) in [5.41, 5.74) is 3.34. The molecule has 0 radical (unpaired) electrons. The first-order chi connectivity index (χ1) is 15.5. The minimum atomic E-state index is -0.322. The van der Waals surface area contributed by atoms with E-state index in [1.165, 1.54) is 0 Å². The molecule has 3 aromatic rings. The predicted molar refractivity (Wildman–Crippen MR) is 131 cm³/mol. The Bertz CT molecular complexity index is 1060. The maximum atomic E-state index is 11.8. The van der Waals surface area contributed by atoms with Crippen LogP contribution in [0.1, 0.15) is 35.3 Å². The zero-order valence-corrected chi connectivity index (χ0v) is 20.3. The molecule has 168 valence electrons. The summed E-state index contributed by atoms with van der Waals surface area (Å²) in [4.78, 5) is 11.8. The van der Waals surface area contributed by atoms with Crippen LogP contribution in [-0.2, 0) is 17.9 Å². The number of rotatable bonds is 10. The van der Waals surface area contributed by atoms with Gasteiger partial charge < -0.3 is 19.5 Å². The van der Waals surface area contributed by atoms with Gasteiger partial charge in [-0.25, -0.2) is 4.79 Å². The minimum Gasteiger partial charge on any atom is -0.490 e. The number of nitrogens with one attached hydrogen (secondary N) is 1. The third-order valence-electron chi connectivity index (χ3n) is 4.59. The Kier molecular flexibility index (Phi) is 8.82. The molecule has 0 fully saturated rings. The fraction of sp³-hybridized carbons (Fsp3) is 0.240. The van der Waals surface area contributed by atoms with Crippen molar-refractivity contribution in [3.8, 4) is 11.5 Å². The lowest BCUT2D eigenvalue weighted by Crippen LogP contribution is -2.06. The van der Waals surface area contributed by atoms with Crippen molar-refractivity contribution in [2.45, 2.75) is 27.0 Å². The Hall–Kier alpha value is -2.70. The van der Waals surface area contributed by atoms with Gasteiger partial charge in [0.1, 0.15) is 6.61 Å². The van der Waals surface area contributed by atoms with Gasteiger partial charge in [0.15, 0.2) is 11.5 Å². The number of hydrogen-bond donors (Lipinski definition) is 1. The first-order valence-electron chi connectivity index (χ1n) is 10.3. The molecule has 0 heterocycles. The lowest BCUT2D eigenvalue weighted by Gasteiger charge is -2.16. The normalized spacial score (nSPS) is 10.5. The van der Waals surface area contributed by atoms with E-state index in [1.807, 2.05) is 55.5 Å². The van der Waals surface area contributed by atoms with E-state index in [9.17, 15) is 4.79 Å². The van der Waals surface area contributed by atoms with Gasteiger partial charge in [0, 0.05) is 22.8 Å². The lowest BCUT2D eigenvalue weighted by molar-refractivity contribution is 0.0526. The summed E-state index contributed by atoms with van der Waals surface area (Å²) < 4.78 is 17.7. The zero-order valence-electron chi connectivity index (χ0n) is 18.0.